The van der Waals surface area contributed by atoms with Crippen molar-refractivity contribution in [2.45, 2.75) is 6.61 Å². The van der Waals surface area contributed by atoms with Crippen LogP contribution in [0.15, 0.2) is 16.6 Å². The summed E-state index contributed by atoms with van der Waals surface area (Å²) in [4.78, 5) is 9.91. The van der Waals surface area contributed by atoms with Crippen molar-refractivity contribution in [2.75, 3.05) is 0 Å². The number of halogens is 2. The minimum atomic E-state index is -0.563. The molecule has 0 aliphatic carbocycles. The lowest BCUT2D eigenvalue weighted by molar-refractivity contribution is -0.385. The van der Waals surface area contributed by atoms with Crippen molar-refractivity contribution in [1.29, 1.82) is 0 Å². The molecule has 0 radical (unpaired) electrons. The van der Waals surface area contributed by atoms with Crippen LogP contribution in [0.1, 0.15) is 5.56 Å². The van der Waals surface area contributed by atoms with Crippen LogP contribution in [-0.2, 0) is 6.61 Å². The summed E-state index contributed by atoms with van der Waals surface area (Å²) in [7, 11) is 0. The maximum atomic E-state index is 10.5. The second-order valence-corrected chi connectivity index (χ2v) is 3.57. The highest BCUT2D eigenvalue weighted by atomic mass is 79.9. The molecule has 0 aromatic heterocycles. The molecule has 0 spiro atoms. The molecule has 0 unspecified atom stereocenters. The van der Waals surface area contributed by atoms with E-state index in [1.165, 1.54) is 12.1 Å². The van der Waals surface area contributed by atoms with Gasteiger partial charge in [-0.1, -0.05) is 11.6 Å². The summed E-state index contributed by atoms with van der Waals surface area (Å²) in [5.41, 5.74) is 0.0666. The maximum Gasteiger partial charge on any atom is 0.276 e. The lowest BCUT2D eigenvalue weighted by Crippen LogP contribution is -1.95. The Balaban J connectivity index is 3.33. The minimum absolute atomic E-state index is 0.140. The van der Waals surface area contributed by atoms with Crippen LogP contribution >= 0.6 is 27.5 Å². The number of rotatable bonds is 2. The van der Waals surface area contributed by atoms with Gasteiger partial charge in [0.2, 0.25) is 0 Å². The molecule has 0 bridgehead atoms. The van der Waals surface area contributed by atoms with E-state index in [-0.39, 0.29) is 11.3 Å². The third kappa shape index (κ3) is 2.18. The topological polar surface area (TPSA) is 63.4 Å². The third-order valence-electron chi connectivity index (χ3n) is 1.49. The summed E-state index contributed by atoms with van der Waals surface area (Å²) in [6.45, 7) is -0.399. The molecule has 6 heteroatoms. The number of nitro benzene ring substituents is 1. The minimum Gasteiger partial charge on any atom is -0.391 e. The van der Waals surface area contributed by atoms with Crippen molar-refractivity contribution in [3.8, 4) is 0 Å². The first kappa shape index (κ1) is 10.4. The highest BCUT2D eigenvalue weighted by molar-refractivity contribution is 9.10. The molecule has 0 aliphatic heterocycles. The van der Waals surface area contributed by atoms with Gasteiger partial charge in [-0.25, -0.2) is 0 Å². The Morgan fingerprint density at radius 1 is 1.62 bits per heavy atom. The zero-order chi connectivity index (χ0) is 10.0. The van der Waals surface area contributed by atoms with Gasteiger partial charge in [-0.3, -0.25) is 10.1 Å². The molecule has 70 valence electrons. The molecular weight excluding hydrogens is 261 g/mol. The Hall–Kier alpha value is -0.650. The van der Waals surface area contributed by atoms with Crippen molar-refractivity contribution >= 4 is 33.2 Å². The monoisotopic (exact) mass is 265 g/mol. The van der Waals surface area contributed by atoms with E-state index in [2.05, 4.69) is 15.9 Å². The molecule has 0 fully saturated rings. The van der Waals surface area contributed by atoms with Crippen molar-refractivity contribution in [1.82, 2.24) is 0 Å². The van der Waals surface area contributed by atoms with Crippen LogP contribution in [0, 0.1) is 10.1 Å². The highest BCUT2D eigenvalue weighted by Crippen LogP contribution is 2.30. The van der Waals surface area contributed by atoms with Gasteiger partial charge in [-0.15, -0.1) is 0 Å². The molecule has 1 aromatic rings. The van der Waals surface area contributed by atoms with Gasteiger partial charge in [0.25, 0.3) is 5.69 Å². The summed E-state index contributed by atoms with van der Waals surface area (Å²) in [6.07, 6.45) is 0. The number of hydrogen-bond donors (Lipinski definition) is 1. The van der Waals surface area contributed by atoms with Crippen molar-refractivity contribution in [3.63, 3.8) is 0 Å². The van der Waals surface area contributed by atoms with Crippen LogP contribution in [0.5, 0.6) is 0 Å². The first-order valence-corrected chi connectivity index (χ1v) is 4.46. The molecule has 0 saturated heterocycles. The van der Waals surface area contributed by atoms with E-state index in [1.807, 2.05) is 0 Å². The first-order valence-electron chi connectivity index (χ1n) is 3.29. The van der Waals surface area contributed by atoms with Crippen LogP contribution in [0.2, 0.25) is 5.02 Å². The Labute approximate surface area is 87.4 Å². The van der Waals surface area contributed by atoms with E-state index >= 15 is 0 Å². The summed E-state index contributed by atoms with van der Waals surface area (Å²) >= 11 is 8.75. The molecule has 13 heavy (non-hydrogen) atoms. The van der Waals surface area contributed by atoms with E-state index in [9.17, 15) is 10.1 Å². The second-order valence-electron chi connectivity index (χ2n) is 2.31. The third-order valence-corrected chi connectivity index (χ3v) is 2.69. The molecule has 4 nitrogen and oxygen atoms in total. The lowest BCUT2D eigenvalue weighted by Gasteiger charge is -2.01. The van der Waals surface area contributed by atoms with Gasteiger partial charge in [0.05, 0.1) is 22.1 Å². The van der Waals surface area contributed by atoms with E-state index in [1.54, 1.807) is 0 Å². The molecule has 0 heterocycles. The number of nitro groups is 1. The predicted octanol–water partition coefficient (Wildman–Crippen LogP) is 2.50. The van der Waals surface area contributed by atoms with Gasteiger partial charge in [0.1, 0.15) is 0 Å². The number of aliphatic hydroxyl groups excluding tert-OH is 1. The smallest absolute Gasteiger partial charge is 0.276 e. The Bertz CT molecular complexity index is 356. The molecule has 0 aliphatic rings. The summed E-state index contributed by atoms with van der Waals surface area (Å²) in [5, 5.41) is 19.6. The molecule has 0 saturated carbocycles. The molecule has 1 aromatic carbocycles. The first-order chi connectivity index (χ1) is 6.06. The van der Waals surface area contributed by atoms with Gasteiger partial charge in [-0.05, 0) is 22.0 Å². The van der Waals surface area contributed by atoms with Crippen LogP contribution in [0.3, 0.4) is 0 Å². The average Bonchev–Trinajstić information content (AvgIpc) is 2.08. The quantitative estimate of drug-likeness (QED) is 0.661. The molecule has 0 amide bonds. The molecule has 1 N–H and O–H groups in total. The van der Waals surface area contributed by atoms with Gasteiger partial charge in [-0.2, -0.15) is 0 Å². The summed E-state index contributed by atoms with van der Waals surface area (Å²) in [5.74, 6) is 0. The summed E-state index contributed by atoms with van der Waals surface area (Å²) < 4.78 is 0.443. The Kier molecular flexibility index (Phi) is 3.24. The molecule has 1 rings (SSSR count). The second kappa shape index (κ2) is 4.04. The van der Waals surface area contributed by atoms with Crippen LogP contribution < -0.4 is 0 Å². The van der Waals surface area contributed by atoms with Crippen LogP contribution in [0.25, 0.3) is 0 Å². The van der Waals surface area contributed by atoms with Crippen molar-refractivity contribution in [3.05, 3.63) is 37.3 Å². The van der Waals surface area contributed by atoms with Crippen LogP contribution in [0.4, 0.5) is 5.69 Å². The van der Waals surface area contributed by atoms with Gasteiger partial charge >= 0.3 is 0 Å². The number of aliphatic hydroxyl groups is 1. The fourth-order valence-electron chi connectivity index (χ4n) is 0.874. The van der Waals surface area contributed by atoms with E-state index in [4.69, 9.17) is 16.7 Å². The van der Waals surface area contributed by atoms with Gasteiger partial charge in [0, 0.05) is 10.5 Å². The van der Waals surface area contributed by atoms with E-state index in [0.717, 1.165) is 0 Å². The Morgan fingerprint density at radius 2 is 2.23 bits per heavy atom. The fraction of sp³-hybridized carbons (Fsp3) is 0.143. The molecular formula is C7H5BrClNO3. The lowest BCUT2D eigenvalue weighted by atomic mass is 10.2. The van der Waals surface area contributed by atoms with Gasteiger partial charge in [0.15, 0.2) is 0 Å². The molecule has 0 atom stereocenters. The number of benzene rings is 1. The van der Waals surface area contributed by atoms with E-state index < -0.39 is 11.5 Å². The highest BCUT2D eigenvalue weighted by Gasteiger charge is 2.15. The SMILES string of the molecule is O=[N+]([O-])c1cc(Br)c(Cl)cc1CO. The maximum absolute atomic E-state index is 10.5. The largest absolute Gasteiger partial charge is 0.391 e. The van der Waals surface area contributed by atoms with Crippen molar-refractivity contribution < 1.29 is 10.0 Å². The Morgan fingerprint density at radius 3 is 2.69 bits per heavy atom. The fourth-order valence-corrected chi connectivity index (χ4v) is 1.39. The zero-order valence-electron chi connectivity index (χ0n) is 6.33. The number of hydrogen-bond acceptors (Lipinski definition) is 3. The standard InChI is InChI=1S/C7H5BrClNO3/c8-5-2-7(10(12)13)4(3-11)1-6(5)9/h1-2,11H,3H2. The van der Waals surface area contributed by atoms with E-state index in [0.29, 0.717) is 9.50 Å². The normalized spacial score (nSPS) is 10.1. The van der Waals surface area contributed by atoms with Gasteiger partial charge < -0.3 is 5.11 Å². The van der Waals surface area contributed by atoms with Crippen LogP contribution in [-0.4, -0.2) is 10.0 Å². The number of nitrogens with zero attached hydrogens (tertiary/aromatic N) is 1. The summed E-state index contributed by atoms with van der Waals surface area (Å²) in [6, 6.07) is 2.64. The average molecular weight is 266 g/mol. The predicted molar refractivity (Wildman–Crippen MR) is 51.7 cm³/mol. The van der Waals surface area contributed by atoms with Crippen molar-refractivity contribution in [2.24, 2.45) is 0 Å². The zero-order valence-corrected chi connectivity index (χ0v) is 8.67.